The highest BCUT2D eigenvalue weighted by Gasteiger charge is 2.69. The summed E-state index contributed by atoms with van der Waals surface area (Å²) in [5.74, 6) is 0.636. The molecule has 2 aliphatic rings. The fourth-order valence-electron chi connectivity index (χ4n) is 4.45. The third kappa shape index (κ3) is 0.889. The Morgan fingerprint density at radius 1 is 1.38 bits per heavy atom. The van der Waals surface area contributed by atoms with E-state index < -0.39 is 5.60 Å². The van der Waals surface area contributed by atoms with Gasteiger partial charge in [0.1, 0.15) is 5.60 Å². The molecule has 0 amide bonds. The number of furan rings is 1. The van der Waals surface area contributed by atoms with Crippen LogP contribution < -0.4 is 0 Å². The van der Waals surface area contributed by atoms with Gasteiger partial charge in [-0.25, -0.2) is 0 Å². The first-order valence-electron chi connectivity index (χ1n) is 6.17. The van der Waals surface area contributed by atoms with Crippen molar-refractivity contribution in [3.63, 3.8) is 0 Å². The molecule has 2 saturated carbocycles. The highest BCUT2D eigenvalue weighted by Crippen LogP contribution is 2.71. The summed E-state index contributed by atoms with van der Waals surface area (Å²) >= 11 is 0. The zero-order valence-corrected chi connectivity index (χ0v) is 10.3. The molecule has 2 bridgehead atoms. The van der Waals surface area contributed by atoms with Crippen molar-refractivity contribution < 1.29 is 9.52 Å². The molecule has 0 saturated heterocycles. The molecule has 3 unspecified atom stereocenters. The van der Waals surface area contributed by atoms with Crippen LogP contribution in [0, 0.1) is 16.7 Å². The third-order valence-electron chi connectivity index (χ3n) is 5.51. The van der Waals surface area contributed by atoms with Crippen molar-refractivity contribution in [2.45, 2.75) is 45.6 Å². The van der Waals surface area contributed by atoms with Gasteiger partial charge in [0.25, 0.3) is 0 Å². The first-order valence-corrected chi connectivity index (χ1v) is 6.17. The minimum atomic E-state index is -0.726. The molecule has 88 valence electrons. The van der Waals surface area contributed by atoms with Crippen LogP contribution >= 0.6 is 0 Å². The van der Waals surface area contributed by atoms with Crippen LogP contribution in [-0.4, -0.2) is 5.11 Å². The molecule has 1 heterocycles. The van der Waals surface area contributed by atoms with E-state index in [4.69, 9.17) is 4.42 Å². The van der Waals surface area contributed by atoms with Crippen LogP contribution in [0.4, 0.5) is 0 Å². The van der Waals surface area contributed by atoms with Crippen molar-refractivity contribution in [3.05, 3.63) is 24.2 Å². The molecule has 1 N–H and O–H groups in total. The van der Waals surface area contributed by atoms with Gasteiger partial charge in [0.15, 0.2) is 0 Å². The lowest BCUT2D eigenvalue weighted by Crippen LogP contribution is -2.51. The van der Waals surface area contributed by atoms with Crippen molar-refractivity contribution in [1.82, 2.24) is 0 Å². The lowest BCUT2D eigenvalue weighted by atomic mass is 9.58. The molecular formula is C14H20O2. The maximum absolute atomic E-state index is 11.3. The summed E-state index contributed by atoms with van der Waals surface area (Å²) in [6.07, 6.45) is 6.90. The fraction of sp³-hybridized carbons (Fsp3) is 0.714. The van der Waals surface area contributed by atoms with Crippen LogP contribution in [0.25, 0.3) is 0 Å². The first-order chi connectivity index (χ1) is 7.42. The summed E-state index contributed by atoms with van der Waals surface area (Å²) in [4.78, 5) is 0. The van der Waals surface area contributed by atoms with E-state index in [1.54, 1.807) is 12.5 Å². The Hall–Kier alpha value is -0.760. The van der Waals surface area contributed by atoms with E-state index in [1.807, 2.05) is 6.07 Å². The highest BCUT2D eigenvalue weighted by molar-refractivity contribution is 5.30. The summed E-state index contributed by atoms with van der Waals surface area (Å²) in [6, 6.07) is 1.92. The van der Waals surface area contributed by atoms with Crippen molar-refractivity contribution in [2.75, 3.05) is 0 Å². The average molecular weight is 220 g/mol. The monoisotopic (exact) mass is 220 g/mol. The van der Waals surface area contributed by atoms with Gasteiger partial charge in [0.05, 0.1) is 12.5 Å². The van der Waals surface area contributed by atoms with Crippen LogP contribution in [0.2, 0.25) is 0 Å². The van der Waals surface area contributed by atoms with Crippen LogP contribution in [0.5, 0.6) is 0 Å². The molecule has 2 nitrogen and oxygen atoms in total. The summed E-state index contributed by atoms with van der Waals surface area (Å²) < 4.78 is 5.18. The molecule has 2 fully saturated rings. The van der Waals surface area contributed by atoms with Gasteiger partial charge in [-0.2, -0.15) is 0 Å². The van der Waals surface area contributed by atoms with Crippen LogP contribution in [0.15, 0.2) is 23.0 Å². The smallest absolute Gasteiger partial charge is 0.103 e. The van der Waals surface area contributed by atoms with Gasteiger partial charge < -0.3 is 9.52 Å². The molecule has 0 spiro atoms. The van der Waals surface area contributed by atoms with Gasteiger partial charge in [-0.3, -0.25) is 0 Å². The van der Waals surface area contributed by atoms with Crippen LogP contribution in [0.3, 0.4) is 0 Å². The van der Waals surface area contributed by atoms with Crippen molar-refractivity contribution in [1.29, 1.82) is 0 Å². The zero-order valence-electron chi connectivity index (χ0n) is 10.3. The molecule has 3 atom stereocenters. The molecule has 1 aromatic heterocycles. The molecular weight excluding hydrogens is 200 g/mol. The van der Waals surface area contributed by atoms with Gasteiger partial charge in [0.2, 0.25) is 0 Å². The topological polar surface area (TPSA) is 33.4 Å². The summed E-state index contributed by atoms with van der Waals surface area (Å²) in [5, 5.41) is 11.3. The molecule has 16 heavy (non-hydrogen) atoms. The van der Waals surface area contributed by atoms with Gasteiger partial charge in [0, 0.05) is 16.4 Å². The van der Waals surface area contributed by atoms with Crippen LogP contribution in [-0.2, 0) is 5.60 Å². The standard InChI is InChI=1S/C14H20O2/c1-12(2)10-4-6-13(3,8-10)14(12,15)11-5-7-16-9-11/h5,7,9-10,15H,4,6,8H2,1-3H3. The highest BCUT2D eigenvalue weighted by atomic mass is 16.3. The lowest BCUT2D eigenvalue weighted by Gasteiger charge is -2.50. The van der Waals surface area contributed by atoms with Crippen molar-refractivity contribution in [2.24, 2.45) is 16.7 Å². The minimum Gasteiger partial charge on any atom is -0.472 e. The van der Waals surface area contributed by atoms with Gasteiger partial charge in [-0.15, -0.1) is 0 Å². The quantitative estimate of drug-likeness (QED) is 0.787. The van der Waals surface area contributed by atoms with Crippen molar-refractivity contribution in [3.8, 4) is 0 Å². The van der Waals surface area contributed by atoms with E-state index in [9.17, 15) is 5.11 Å². The second kappa shape index (κ2) is 2.73. The molecule has 0 radical (unpaired) electrons. The van der Waals surface area contributed by atoms with Gasteiger partial charge >= 0.3 is 0 Å². The number of hydrogen-bond acceptors (Lipinski definition) is 2. The Kier molecular flexibility index (Phi) is 1.77. The Morgan fingerprint density at radius 2 is 2.12 bits per heavy atom. The lowest BCUT2D eigenvalue weighted by molar-refractivity contribution is -0.151. The minimum absolute atomic E-state index is 0.0189. The Balaban J connectivity index is 2.19. The van der Waals surface area contributed by atoms with Gasteiger partial charge in [-0.1, -0.05) is 20.8 Å². The SMILES string of the molecule is CC12CCC(C1)C(C)(C)C2(O)c1ccoc1. The van der Waals surface area contributed by atoms with E-state index >= 15 is 0 Å². The van der Waals surface area contributed by atoms with E-state index in [0.717, 1.165) is 18.4 Å². The molecule has 2 aliphatic carbocycles. The predicted octanol–water partition coefficient (Wildman–Crippen LogP) is 3.31. The van der Waals surface area contributed by atoms with Crippen LogP contribution in [0.1, 0.15) is 45.6 Å². The Labute approximate surface area is 96.7 Å². The second-order valence-corrected chi connectivity index (χ2v) is 6.44. The first kappa shape index (κ1) is 10.4. The maximum atomic E-state index is 11.3. The van der Waals surface area contributed by atoms with E-state index in [-0.39, 0.29) is 10.8 Å². The summed E-state index contributed by atoms with van der Waals surface area (Å²) in [7, 11) is 0. The Morgan fingerprint density at radius 3 is 2.62 bits per heavy atom. The number of hydrogen-bond donors (Lipinski definition) is 1. The number of rotatable bonds is 1. The number of aliphatic hydroxyl groups is 1. The fourth-order valence-corrected chi connectivity index (χ4v) is 4.45. The second-order valence-electron chi connectivity index (χ2n) is 6.44. The van der Waals surface area contributed by atoms with E-state index in [2.05, 4.69) is 20.8 Å². The molecule has 0 aliphatic heterocycles. The molecule has 1 aromatic rings. The maximum Gasteiger partial charge on any atom is 0.103 e. The van der Waals surface area contributed by atoms with E-state index in [0.29, 0.717) is 5.92 Å². The summed E-state index contributed by atoms with van der Waals surface area (Å²) in [5.41, 5.74) is 0.201. The molecule has 3 rings (SSSR count). The summed E-state index contributed by atoms with van der Waals surface area (Å²) in [6.45, 7) is 6.64. The normalized spacial score (nSPS) is 45.1. The largest absolute Gasteiger partial charge is 0.472 e. The molecule has 0 aromatic carbocycles. The predicted molar refractivity (Wildman–Crippen MR) is 61.8 cm³/mol. The Bertz CT molecular complexity index is 400. The van der Waals surface area contributed by atoms with Gasteiger partial charge in [-0.05, 0) is 31.2 Å². The van der Waals surface area contributed by atoms with Crippen molar-refractivity contribution >= 4 is 0 Å². The number of fused-ring (bicyclic) bond motifs is 2. The van der Waals surface area contributed by atoms with E-state index in [1.165, 1.54) is 6.42 Å². The third-order valence-corrected chi connectivity index (χ3v) is 5.51. The zero-order chi connectivity index (χ0) is 11.6. The average Bonchev–Trinajstić information content (AvgIpc) is 2.86. The molecule has 2 heteroatoms.